The maximum Gasteiger partial charge on any atom is 0.0812 e. The maximum atomic E-state index is 10.2. The lowest BCUT2D eigenvalue weighted by Crippen LogP contribution is -2.28. The Morgan fingerprint density at radius 3 is 2.89 bits per heavy atom. The molecule has 1 aromatic heterocycles. The van der Waals surface area contributed by atoms with Crippen LogP contribution in [0.3, 0.4) is 0 Å². The number of nitrogens with zero attached hydrogens (tertiary/aromatic N) is 2. The zero-order valence-corrected chi connectivity index (χ0v) is 12.1. The molecular weight excluding hydrogens is 224 g/mol. The summed E-state index contributed by atoms with van der Waals surface area (Å²) in [7, 11) is 2.15. The van der Waals surface area contributed by atoms with Gasteiger partial charge in [0.15, 0.2) is 0 Å². The van der Waals surface area contributed by atoms with Gasteiger partial charge in [-0.25, -0.2) is 0 Å². The highest BCUT2D eigenvalue weighted by Crippen LogP contribution is 2.40. The molecule has 1 N–H and O–H groups in total. The predicted octanol–water partition coefficient (Wildman–Crippen LogP) is 2.45. The number of hydrogen-bond donors (Lipinski definition) is 1. The van der Waals surface area contributed by atoms with Crippen LogP contribution in [-0.2, 0) is 13.0 Å². The van der Waals surface area contributed by atoms with Crippen molar-refractivity contribution in [2.24, 2.45) is 5.41 Å². The van der Waals surface area contributed by atoms with Gasteiger partial charge in [-0.15, -0.1) is 0 Å². The van der Waals surface area contributed by atoms with Gasteiger partial charge in [0.2, 0.25) is 0 Å². The van der Waals surface area contributed by atoms with E-state index in [1.807, 2.05) is 0 Å². The highest BCUT2D eigenvalue weighted by molar-refractivity contribution is 5.29. The van der Waals surface area contributed by atoms with Crippen molar-refractivity contribution < 1.29 is 5.11 Å². The van der Waals surface area contributed by atoms with Crippen molar-refractivity contribution in [1.29, 1.82) is 0 Å². The number of hydrogen-bond acceptors (Lipinski definition) is 2. The average Bonchev–Trinajstić information content (AvgIpc) is 2.67. The summed E-state index contributed by atoms with van der Waals surface area (Å²) in [4.78, 5) is 2.32. The van der Waals surface area contributed by atoms with Gasteiger partial charge in [-0.05, 0) is 37.9 Å². The van der Waals surface area contributed by atoms with Gasteiger partial charge in [-0.1, -0.05) is 20.8 Å². The number of rotatable bonds is 4. The molecule has 1 aliphatic carbocycles. The molecule has 1 unspecified atom stereocenters. The third-order valence-corrected chi connectivity index (χ3v) is 4.13. The van der Waals surface area contributed by atoms with E-state index in [1.165, 1.54) is 5.69 Å². The van der Waals surface area contributed by atoms with E-state index in [0.29, 0.717) is 0 Å². The quantitative estimate of drug-likeness (QED) is 0.889. The fourth-order valence-corrected chi connectivity index (χ4v) is 2.83. The molecular formula is C15H26N2O. The Balaban J connectivity index is 2.15. The van der Waals surface area contributed by atoms with Gasteiger partial charge in [-0.3, -0.25) is 0 Å². The molecule has 1 heterocycles. The van der Waals surface area contributed by atoms with Gasteiger partial charge in [0, 0.05) is 30.5 Å². The second kappa shape index (κ2) is 5.06. The number of aliphatic hydroxyl groups excluding tert-OH is 1. The van der Waals surface area contributed by atoms with Crippen molar-refractivity contribution in [2.75, 3.05) is 20.1 Å². The van der Waals surface area contributed by atoms with Crippen molar-refractivity contribution in [2.45, 2.75) is 46.3 Å². The highest BCUT2D eigenvalue weighted by atomic mass is 16.3. The number of aliphatic hydroxyl groups is 1. The van der Waals surface area contributed by atoms with Crippen LogP contribution >= 0.6 is 0 Å². The Morgan fingerprint density at radius 2 is 2.22 bits per heavy atom. The lowest BCUT2D eigenvalue weighted by atomic mass is 9.75. The van der Waals surface area contributed by atoms with Crippen LogP contribution in [0.1, 0.15) is 44.6 Å². The lowest BCUT2D eigenvalue weighted by molar-refractivity contribution is 0.0978. The molecule has 2 rings (SSSR count). The molecule has 0 saturated carbocycles. The minimum atomic E-state index is -0.283. The van der Waals surface area contributed by atoms with Crippen molar-refractivity contribution in [3.63, 3.8) is 0 Å². The first kappa shape index (κ1) is 13.6. The molecule has 0 aromatic carbocycles. The van der Waals surface area contributed by atoms with Crippen LogP contribution in [0.15, 0.2) is 12.3 Å². The molecule has 0 aliphatic heterocycles. The summed E-state index contributed by atoms with van der Waals surface area (Å²) in [5.74, 6) is 0. The predicted molar refractivity (Wildman–Crippen MR) is 74.7 cm³/mol. The van der Waals surface area contributed by atoms with E-state index in [9.17, 15) is 5.11 Å². The zero-order chi connectivity index (χ0) is 13.3. The molecule has 0 spiro atoms. The number of aromatic nitrogens is 1. The first-order valence-electron chi connectivity index (χ1n) is 6.97. The van der Waals surface area contributed by atoms with Gasteiger partial charge in [0.25, 0.3) is 0 Å². The first-order valence-corrected chi connectivity index (χ1v) is 6.97. The van der Waals surface area contributed by atoms with Gasteiger partial charge < -0.3 is 14.6 Å². The van der Waals surface area contributed by atoms with E-state index in [-0.39, 0.29) is 11.5 Å². The molecule has 0 bridgehead atoms. The largest absolute Gasteiger partial charge is 0.388 e. The Kier molecular flexibility index (Phi) is 3.83. The van der Waals surface area contributed by atoms with Crippen LogP contribution in [0.4, 0.5) is 0 Å². The van der Waals surface area contributed by atoms with E-state index in [1.54, 1.807) is 0 Å². The summed E-state index contributed by atoms with van der Waals surface area (Å²) in [5, 5.41) is 10.2. The molecule has 102 valence electrons. The Hall–Kier alpha value is -0.800. The second-order valence-electron chi connectivity index (χ2n) is 6.37. The fraction of sp³-hybridized carbons (Fsp3) is 0.733. The topological polar surface area (TPSA) is 28.4 Å². The minimum absolute atomic E-state index is 0.208. The van der Waals surface area contributed by atoms with Crippen molar-refractivity contribution in [3.8, 4) is 0 Å². The number of fused-ring (bicyclic) bond motifs is 1. The summed E-state index contributed by atoms with van der Waals surface area (Å²) >= 11 is 0. The molecule has 1 atom stereocenters. The maximum absolute atomic E-state index is 10.2. The lowest BCUT2D eigenvalue weighted by Gasteiger charge is -2.34. The van der Waals surface area contributed by atoms with E-state index >= 15 is 0 Å². The van der Waals surface area contributed by atoms with Crippen LogP contribution in [0.5, 0.6) is 0 Å². The van der Waals surface area contributed by atoms with Crippen LogP contribution in [0.25, 0.3) is 0 Å². The van der Waals surface area contributed by atoms with Crippen LogP contribution in [0, 0.1) is 5.41 Å². The minimum Gasteiger partial charge on any atom is -0.388 e. The third-order valence-electron chi connectivity index (χ3n) is 4.13. The van der Waals surface area contributed by atoms with E-state index in [4.69, 9.17) is 0 Å². The van der Waals surface area contributed by atoms with Crippen molar-refractivity contribution in [1.82, 2.24) is 9.47 Å². The molecule has 3 nitrogen and oxygen atoms in total. The van der Waals surface area contributed by atoms with Gasteiger partial charge in [0.1, 0.15) is 0 Å². The smallest absolute Gasteiger partial charge is 0.0812 e. The van der Waals surface area contributed by atoms with Gasteiger partial charge in [0.05, 0.1) is 6.10 Å². The first-order chi connectivity index (χ1) is 8.43. The fourth-order valence-electron chi connectivity index (χ4n) is 2.83. The van der Waals surface area contributed by atoms with Crippen LogP contribution in [-0.4, -0.2) is 34.7 Å². The van der Waals surface area contributed by atoms with Crippen LogP contribution in [0.2, 0.25) is 0 Å². The summed E-state index contributed by atoms with van der Waals surface area (Å²) in [6.45, 7) is 9.83. The molecule has 0 radical (unpaired) electrons. The third kappa shape index (κ3) is 2.78. The summed E-state index contributed by atoms with van der Waals surface area (Å²) < 4.78 is 2.33. The molecule has 1 aliphatic rings. The molecule has 3 heteroatoms. The zero-order valence-electron chi connectivity index (χ0n) is 12.1. The van der Waals surface area contributed by atoms with Crippen molar-refractivity contribution in [3.05, 3.63) is 23.5 Å². The monoisotopic (exact) mass is 250 g/mol. The van der Waals surface area contributed by atoms with Crippen LogP contribution < -0.4 is 0 Å². The SMILES string of the molecule is CCN(C)CCn1ccc2c1CC(C)(C)CC2O. The molecule has 18 heavy (non-hydrogen) atoms. The van der Waals surface area contributed by atoms with E-state index in [2.05, 4.69) is 49.5 Å². The summed E-state index contributed by atoms with van der Waals surface area (Å²) in [6.07, 6.45) is 3.80. The van der Waals surface area contributed by atoms with E-state index in [0.717, 1.165) is 38.0 Å². The Labute approximate surface area is 110 Å². The number of likely N-dealkylation sites (N-methyl/N-ethyl adjacent to an activating group) is 1. The van der Waals surface area contributed by atoms with Crippen molar-refractivity contribution >= 4 is 0 Å². The van der Waals surface area contributed by atoms with Gasteiger partial charge >= 0.3 is 0 Å². The standard InChI is InChI=1S/C15H26N2O/c1-5-16(4)8-9-17-7-6-12-13(17)10-15(2,3)11-14(12)18/h6-7,14,18H,5,8-11H2,1-4H3. The molecule has 0 fully saturated rings. The normalized spacial score (nSPS) is 22.2. The molecule has 1 aromatic rings. The van der Waals surface area contributed by atoms with E-state index < -0.39 is 0 Å². The molecule has 0 saturated heterocycles. The summed E-state index contributed by atoms with van der Waals surface area (Å²) in [5.41, 5.74) is 2.69. The molecule has 0 amide bonds. The average molecular weight is 250 g/mol. The second-order valence-corrected chi connectivity index (χ2v) is 6.37. The summed E-state index contributed by atoms with van der Waals surface area (Å²) in [6, 6.07) is 2.10. The van der Waals surface area contributed by atoms with Gasteiger partial charge in [-0.2, -0.15) is 0 Å². The Morgan fingerprint density at radius 1 is 1.50 bits per heavy atom. The highest BCUT2D eigenvalue weighted by Gasteiger charge is 2.32. The Bertz CT molecular complexity index is 409.